The van der Waals surface area contributed by atoms with E-state index < -0.39 is 11.7 Å². The first-order valence-electron chi connectivity index (χ1n) is 13.7. The van der Waals surface area contributed by atoms with Gasteiger partial charge >= 0.3 is 6.09 Å². The number of fused-ring (bicyclic) bond motifs is 3. The van der Waals surface area contributed by atoms with Crippen molar-refractivity contribution in [2.45, 2.75) is 32.8 Å². The summed E-state index contributed by atoms with van der Waals surface area (Å²) in [6.45, 7) is 5.67. The smallest absolute Gasteiger partial charge is 0.408 e. The number of benzene rings is 2. The van der Waals surface area contributed by atoms with E-state index in [-0.39, 0.29) is 6.54 Å². The molecule has 0 saturated carbocycles. The van der Waals surface area contributed by atoms with Gasteiger partial charge in [0.1, 0.15) is 11.4 Å². The third-order valence-electron chi connectivity index (χ3n) is 6.64. The summed E-state index contributed by atoms with van der Waals surface area (Å²) < 4.78 is 16.2. The number of aromatic nitrogens is 3. The molecule has 5 rings (SSSR count). The predicted octanol–water partition coefficient (Wildman–Crippen LogP) is 6.18. The van der Waals surface area contributed by atoms with E-state index in [1.54, 1.807) is 26.6 Å². The second-order valence-electron chi connectivity index (χ2n) is 10.9. The first-order valence-corrected chi connectivity index (χ1v) is 13.7. The standard InChI is InChI=1S/C34H33N5O4/c1-34(2,3)43-33(40)37-12-7-6-9-21-10-8-11-22(13-21)23-14-24(19-36-18-23)28-15-25-26-16-30(41-4)31(42-5)17-29(26)38-20-27(25)32(35)39-28/h8,10-11,13-20H,9,12H2,1-5H3,(H2,35,39)(H,37,40). The number of anilines is 1. The normalized spacial score (nSPS) is 11.1. The summed E-state index contributed by atoms with van der Waals surface area (Å²) in [4.78, 5) is 25.5. The number of pyridine rings is 3. The van der Waals surface area contributed by atoms with Crippen LogP contribution in [0.15, 0.2) is 67.1 Å². The summed E-state index contributed by atoms with van der Waals surface area (Å²) in [5.74, 6) is 7.67. The van der Waals surface area contributed by atoms with Gasteiger partial charge in [-0.25, -0.2) is 9.78 Å². The number of hydrogen-bond donors (Lipinski definition) is 2. The van der Waals surface area contributed by atoms with Gasteiger partial charge in [0.15, 0.2) is 11.5 Å². The van der Waals surface area contributed by atoms with Crippen LogP contribution in [0.25, 0.3) is 44.1 Å². The summed E-state index contributed by atoms with van der Waals surface area (Å²) >= 11 is 0. The molecule has 0 fully saturated rings. The molecule has 9 nitrogen and oxygen atoms in total. The minimum Gasteiger partial charge on any atom is -0.493 e. The maximum atomic E-state index is 11.8. The molecule has 0 radical (unpaired) electrons. The third kappa shape index (κ3) is 6.76. The van der Waals surface area contributed by atoms with Gasteiger partial charge in [-0.3, -0.25) is 9.97 Å². The van der Waals surface area contributed by atoms with Crippen LogP contribution in [0.4, 0.5) is 10.6 Å². The summed E-state index contributed by atoms with van der Waals surface area (Å²) in [7, 11) is 3.20. The molecule has 1 amide bonds. The van der Waals surface area contributed by atoms with Gasteiger partial charge < -0.3 is 25.3 Å². The highest BCUT2D eigenvalue weighted by molar-refractivity contribution is 6.10. The van der Waals surface area contributed by atoms with Crippen molar-refractivity contribution in [2.75, 3.05) is 26.5 Å². The van der Waals surface area contributed by atoms with Gasteiger partial charge in [0.25, 0.3) is 0 Å². The fourth-order valence-electron chi connectivity index (χ4n) is 4.66. The Kier molecular flexibility index (Phi) is 8.30. The Morgan fingerprint density at radius 2 is 1.65 bits per heavy atom. The van der Waals surface area contributed by atoms with E-state index in [1.807, 2.05) is 69.4 Å². The Labute approximate surface area is 250 Å². The van der Waals surface area contributed by atoms with Crippen LogP contribution in [0.5, 0.6) is 11.5 Å². The maximum Gasteiger partial charge on any atom is 0.408 e. The zero-order valence-corrected chi connectivity index (χ0v) is 24.8. The fraction of sp³-hybridized carbons (Fsp3) is 0.235. The van der Waals surface area contributed by atoms with Gasteiger partial charge in [0, 0.05) is 53.0 Å². The molecular weight excluding hydrogens is 542 g/mol. The number of rotatable bonds is 6. The number of methoxy groups -OCH3 is 2. The number of nitrogens with two attached hydrogens (primary N) is 1. The average Bonchev–Trinajstić information content (AvgIpc) is 2.99. The average molecular weight is 576 g/mol. The number of amides is 1. The first-order chi connectivity index (χ1) is 20.6. The van der Waals surface area contributed by atoms with Crippen molar-refractivity contribution in [3.63, 3.8) is 0 Å². The van der Waals surface area contributed by atoms with Crippen LogP contribution < -0.4 is 20.5 Å². The van der Waals surface area contributed by atoms with E-state index >= 15 is 0 Å². The monoisotopic (exact) mass is 575 g/mol. The molecule has 0 atom stereocenters. The van der Waals surface area contributed by atoms with Crippen molar-refractivity contribution in [1.29, 1.82) is 0 Å². The van der Waals surface area contributed by atoms with E-state index in [9.17, 15) is 4.79 Å². The molecule has 3 N–H and O–H groups in total. The highest BCUT2D eigenvalue weighted by atomic mass is 16.6. The highest BCUT2D eigenvalue weighted by Crippen LogP contribution is 2.37. The van der Waals surface area contributed by atoms with Crippen molar-refractivity contribution in [2.24, 2.45) is 0 Å². The number of carbonyl (C=O) groups is 1. The molecule has 3 heterocycles. The molecule has 2 aromatic carbocycles. The van der Waals surface area contributed by atoms with E-state index in [0.717, 1.165) is 43.9 Å². The zero-order chi connectivity index (χ0) is 30.6. The molecule has 9 heteroatoms. The molecule has 0 saturated heterocycles. The lowest BCUT2D eigenvalue weighted by molar-refractivity contribution is 0.0535. The minimum atomic E-state index is -0.546. The van der Waals surface area contributed by atoms with E-state index in [0.29, 0.717) is 29.4 Å². The van der Waals surface area contributed by atoms with Crippen molar-refractivity contribution in [1.82, 2.24) is 20.3 Å². The number of carbonyl (C=O) groups excluding carboxylic acids is 1. The number of hydrogen-bond acceptors (Lipinski definition) is 8. The lowest BCUT2D eigenvalue weighted by Crippen LogP contribution is -2.32. The molecule has 3 aromatic heterocycles. The highest BCUT2D eigenvalue weighted by Gasteiger charge is 2.16. The minimum absolute atomic E-state index is 0.216. The Morgan fingerprint density at radius 3 is 2.42 bits per heavy atom. The van der Waals surface area contributed by atoms with Crippen LogP contribution in [0, 0.1) is 11.8 Å². The first kappa shape index (κ1) is 29.1. The van der Waals surface area contributed by atoms with Gasteiger partial charge in [-0.2, -0.15) is 0 Å². The molecular formula is C34H33N5O4. The van der Waals surface area contributed by atoms with Crippen LogP contribution >= 0.6 is 0 Å². The molecule has 0 bridgehead atoms. The molecule has 5 aromatic rings. The van der Waals surface area contributed by atoms with Crippen LogP contribution in [0.2, 0.25) is 0 Å². The number of nitrogen functional groups attached to an aromatic ring is 1. The van der Waals surface area contributed by atoms with Crippen molar-refractivity contribution in [3.8, 4) is 45.7 Å². The van der Waals surface area contributed by atoms with Crippen LogP contribution in [0.3, 0.4) is 0 Å². The fourth-order valence-corrected chi connectivity index (χ4v) is 4.66. The molecule has 43 heavy (non-hydrogen) atoms. The van der Waals surface area contributed by atoms with Gasteiger partial charge in [-0.15, -0.1) is 0 Å². The predicted molar refractivity (Wildman–Crippen MR) is 169 cm³/mol. The van der Waals surface area contributed by atoms with Crippen molar-refractivity contribution < 1.29 is 19.0 Å². The van der Waals surface area contributed by atoms with Crippen LogP contribution in [0.1, 0.15) is 26.3 Å². The van der Waals surface area contributed by atoms with E-state index in [2.05, 4.69) is 38.2 Å². The van der Waals surface area contributed by atoms with Crippen LogP contribution in [-0.2, 0) is 11.2 Å². The molecule has 0 spiro atoms. The molecule has 218 valence electrons. The van der Waals surface area contributed by atoms with E-state index in [1.165, 1.54) is 0 Å². The quantitative estimate of drug-likeness (QED) is 0.182. The van der Waals surface area contributed by atoms with Gasteiger partial charge in [0.2, 0.25) is 0 Å². The number of nitrogens with zero attached hydrogens (tertiary/aromatic N) is 3. The van der Waals surface area contributed by atoms with Gasteiger partial charge in [-0.05, 0) is 55.5 Å². The topological polar surface area (TPSA) is 121 Å². The second-order valence-corrected chi connectivity index (χ2v) is 10.9. The molecule has 0 aliphatic carbocycles. The van der Waals surface area contributed by atoms with Crippen LogP contribution in [-0.4, -0.2) is 47.4 Å². The second kappa shape index (κ2) is 12.2. The molecule has 0 unspecified atom stereocenters. The summed E-state index contributed by atoms with van der Waals surface area (Å²) in [6, 6.07) is 15.9. The number of alkyl carbamates (subject to hydrolysis) is 1. The molecule has 0 aliphatic rings. The largest absolute Gasteiger partial charge is 0.493 e. The lowest BCUT2D eigenvalue weighted by Gasteiger charge is -2.19. The number of nitrogens with one attached hydrogen (secondary N) is 1. The number of ether oxygens (including phenoxy) is 3. The summed E-state index contributed by atoms with van der Waals surface area (Å²) in [6.07, 6.45) is 5.38. The Bertz CT molecular complexity index is 1890. The maximum absolute atomic E-state index is 11.8. The Hall–Kier alpha value is -5.36. The third-order valence-corrected chi connectivity index (χ3v) is 6.64. The van der Waals surface area contributed by atoms with Gasteiger partial charge in [0.05, 0.1) is 32.0 Å². The SMILES string of the molecule is COc1cc2ncc3c(N)nc(-c4cncc(-c5cccc(CC#CCNC(=O)OC(C)(C)C)c5)c4)cc3c2cc1OC. The lowest BCUT2D eigenvalue weighted by atomic mass is 10.00. The summed E-state index contributed by atoms with van der Waals surface area (Å²) in [5, 5.41) is 5.18. The van der Waals surface area contributed by atoms with Crippen molar-refractivity contribution >= 4 is 33.6 Å². The van der Waals surface area contributed by atoms with Crippen molar-refractivity contribution in [3.05, 3.63) is 72.7 Å². The van der Waals surface area contributed by atoms with E-state index in [4.69, 9.17) is 19.9 Å². The summed E-state index contributed by atoms with van der Waals surface area (Å²) in [5.41, 5.74) is 11.1. The van der Waals surface area contributed by atoms with Gasteiger partial charge in [-0.1, -0.05) is 36.1 Å². The Morgan fingerprint density at radius 1 is 0.884 bits per heavy atom. The molecule has 0 aliphatic heterocycles. The zero-order valence-electron chi connectivity index (χ0n) is 24.8. The Balaban J connectivity index is 1.40.